The quantitative estimate of drug-likeness (QED) is 0.560. The molecule has 18 heavy (non-hydrogen) atoms. The average molecular weight is 257 g/mol. The molecule has 0 aromatic rings. The van der Waals surface area contributed by atoms with Crippen LogP contribution in [0.1, 0.15) is 46.0 Å². The molecule has 0 aromatic carbocycles. The van der Waals surface area contributed by atoms with Crippen LogP contribution in [-0.4, -0.2) is 38.4 Å². The van der Waals surface area contributed by atoms with E-state index in [1.807, 2.05) is 6.92 Å². The molecule has 0 radical (unpaired) electrons. The van der Waals surface area contributed by atoms with Gasteiger partial charge in [-0.15, -0.1) is 0 Å². The fraction of sp³-hybridized carbons (Fsp3) is 0.929. The fourth-order valence-electron chi connectivity index (χ4n) is 2.82. The number of rotatable bonds is 7. The highest BCUT2D eigenvalue weighted by Gasteiger charge is 2.43. The minimum atomic E-state index is -0.479. The number of esters is 1. The molecule has 0 bridgehead atoms. The second-order valence-electron chi connectivity index (χ2n) is 5.09. The maximum Gasteiger partial charge on any atom is 0.326 e. The molecule has 1 fully saturated rings. The Kier molecular flexibility index (Phi) is 6.65. The number of hydrogen-bond donors (Lipinski definition) is 1. The van der Waals surface area contributed by atoms with Crippen LogP contribution >= 0.6 is 0 Å². The van der Waals surface area contributed by atoms with Crippen molar-refractivity contribution in [3.63, 3.8) is 0 Å². The molecule has 0 aliphatic heterocycles. The van der Waals surface area contributed by atoms with Gasteiger partial charge in [0.15, 0.2) is 0 Å². The van der Waals surface area contributed by atoms with Gasteiger partial charge in [0.05, 0.1) is 13.2 Å². The van der Waals surface area contributed by atoms with E-state index in [0.717, 1.165) is 25.7 Å². The first-order valence-electron chi connectivity index (χ1n) is 7.09. The van der Waals surface area contributed by atoms with Gasteiger partial charge in [-0.05, 0) is 25.7 Å². The third-order valence-electron chi connectivity index (χ3n) is 3.87. The van der Waals surface area contributed by atoms with Crippen LogP contribution in [0.3, 0.4) is 0 Å². The third-order valence-corrected chi connectivity index (χ3v) is 3.87. The summed E-state index contributed by atoms with van der Waals surface area (Å²) in [4.78, 5) is 12.3. The molecule has 2 unspecified atom stereocenters. The van der Waals surface area contributed by atoms with Gasteiger partial charge in [0.1, 0.15) is 5.54 Å². The average Bonchev–Trinajstić information content (AvgIpc) is 2.39. The largest absolute Gasteiger partial charge is 0.465 e. The maximum absolute atomic E-state index is 12.3. The predicted octanol–water partition coefficient (Wildman–Crippen LogP) is 2.12. The van der Waals surface area contributed by atoms with E-state index in [1.54, 1.807) is 7.11 Å². The second-order valence-corrected chi connectivity index (χ2v) is 5.09. The maximum atomic E-state index is 12.3. The summed E-state index contributed by atoms with van der Waals surface area (Å²) in [5.74, 6) is 0.539. The van der Waals surface area contributed by atoms with Crippen molar-refractivity contribution in [2.45, 2.75) is 51.5 Å². The van der Waals surface area contributed by atoms with Crippen molar-refractivity contribution in [3.05, 3.63) is 0 Å². The molecular weight excluding hydrogens is 230 g/mol. The van der Waals surface area contributed by atoms with E-state index in [-0.39, 0.29) is 5.97 Å². The molecule has 1 aliphatic carbocycles. The monoisotopic (exact) mass is 257 g/mol. The highest BCUT2D eigenvalue weighted by atomic mass is 16.5. The molecule has 0 amide bonds. The molecule has 0 aromatic heterocycles. The summed E-state index contributed by atoms with van der Waals surface area (Å²) in [5.41, 5.74) is -0.479. The van der Waals surface area contributed by atoms with Crippen LogP contribution in [0.2, 0.25) is 0 Å². The first-order valence-corrected chi connectivity index (χ1v) is 7.09. The second kappa shape index (κ2) is 7.74. The van der Waals surface area contributed by atoms with Crippen LogP contribution < -0.4 is 5.32 Å². The van der Waals surface area contributed by atoms with Gasteiger partial charge in [-0.2, -0.15) is 0 Å². The molecule has 106 valence electrons. The van der Waals surface area contributed by atoms with Crippen molar-refractivity contribution < 1.29 is 14.3 Å². The van der Waals surface area contributed by atoms with E-state index in [1.165, 1.54) is 6.42 Å². The Bertz CT molecular complexity index is 257. The first-order chi connectivity index (χ1) is 8.68. The highest BCUT2D eigenvalue weighted by Crippen LogP contribution is 2.35. The van der Waals surface area contributed by atoms with Crippen molar-refractivity contribution in [1.82, 2.24) is 5.32 Å². The van der Waals surface area contributed by atoms with E-state index < -0.39 is 5.54 Å². The smallest absolute Gasteiger partial charge is 0.326 e. The van der Waals surface area contributed by atoms with Gasteiger partial charge in [0, 0.05) is 13.7 Å². The fourth-order valence-corrected chi connectivity index (χ4v) is 2.82. The number of ether oxygens (including phenoxy) is 2. The lowest BCUT2D eigenvalue weighted by atomic mass is 9.74. The summed E-state index contributed by atoms with van der Waals surface area (Å²) in [6, 6.07) is 0. The first kappa shape index (κ1) is 15.4. The Morgan fingerprint density at radius 1 is 1.44 bits per heavy atom. The van der Waals surface area contributed by atoms with Gasteiger partial charge < -0.3 is 9.47 Å². The zero-order valence-electron chi connectivity index (χ0n) is 12.0. The molecule has 0 spiro atoms. The zero-order chi connectivity index (χ0) is 13.4. The lowest BCUT2D eigenvalue weighted by Crippen LogP contribution is -2.56. The zero-order valence-corrected chi connectivity index (χ0v) is 12.0. The minimum Gasteiger partial charge on any atom is -0.465 e. The summed E-state index contributed by atoms with van der Waals surface area (Å²) in [6.07, 6.45) is 5.23. The summed E-state index contributed by atoms with van der Waals surface area (Å²) in [7, 11) is 1.68. The number of carbonyl (C=O) groups excluding carboxylic acids is 1. The van der Waals surface area contributed by atoms with Gasteiger partial charge >= 0.3 is 5.97 Å². The molecule has 4 nitrogen and oxygen atoms in total. The molecule has 1 saturated carbocycles. The lowest BCUT2D eigenvalue weighted by molar-refractivity contribution is -0.153. The van der Waals surface area contributed by atoms with E-state index in [0.29, 0.717) is 25.7 Å². The Morgan fingerprint density at radius 3 is 2.83 bits per heavy atom. The number of carbonyl (C=O) groups is 1. The predicted molar refractivity (Wildman–Crippen MR) is 71.5 cm³/mol. The SMILES string of the molecule is CCOC(=O)C1(NCCOC)CCCC(CC)C1. The van der Waals surface area contributed by atoms with E-state index in [9.17, 15) is 4.79 Å². The summed E-state index contributed by atoms with van der Waals surface area (Å²) in [5, 5.41) is 3.39. The molecule has 1 N–H and O–H groups in total. The highest BCUT2D eigenvalue weighted by molar-refractivity contribution is 5.81. The normalized spacial score (nSPS) is 28.1. The minimum absolute atomic E-state index is 0.0840. The van der Waals surface area contributed by atoms with Crippen molar-refractivity contribution in [2.24, 2.45) is 5.92 Å². The van der Waals surface area contributed by atoms with E-state index >= 15 is 0 Å². The Hall–Kier alpha value is -0.610. The van der Waals surface area contributed by atoms with E-state index in [4.69, 9.17) is 9.47 Å². The Balaban J connectivity index is 2.69. The molecular formula is C14H27NO3. The number of hydrogen-bond acceptors (Lipinski definition) is 4. The van der Waals surface area contributed by atoms with Crippen LogP contribution in [-0.2, 0) is 14.3 Å². The molecule has 0 saturated heterocycles. The van der Waals surface area contributed by atoms with Crippen LogP contribution in [0.25, 0.3) is 0 Å². The van der Waals surface area contributed by atoms with Gasteiger partial charge in [0.25, 0.3) is 0 Å². The molecule has 0 heterocycles. The van der Waals surface area contributed by atoms with Crippen LogP contribution in [0, 0.1) is 5.92 Å². The molecule has 2 atom stereocenters. The van der Waals surface area contributed by atoms with Gasteiger partial charge in [0.2, 0.25) is 0 Å². The summed E-state index contributed by atoms with van der Waals surface area (Å²) >= 11 is 0. The Labute approximate surface area is 110 Å². The molecule has 1 aliphatic rings. The molecule has 4 heteroatoms. The third kappa shape index (κ3) is 3.95. The molecule has 1 rings (SSSR count). The van der Waals surface area contributed by atoms with Crippen LogP contribution in [0.5, 0.6) is 0 Å². The summed E-state index contributed by atoms with van der Waals surface area (Å²) < 4.78 is 10.3. The van der Waals surface area contributed by atoms with Crippen LogP contribution in [0.4, 0.5) is 0 Å². The van der Waals surface area contributed by atoms with Gasteiger partial charge in [-0.3, -0.25) is 10.1 Å². The number of methoxy groups -OCH3 is 1. The van der Waals surface area contributed by atoms with Crippen LogP contribution in [0.15, 0.2) is 0 Å². The van der Waals surface area contributed by atoms with Gasteiger partial charge in [-0.25, -0.2) is 0 Å². The summed E-state index contributed by atoms with van der Waals surface area (Å²) in [6.45, 7) is 5.83. The van der Waals surface area contributed by atoms with Crippen molar-refractivity contribution in [3.8, 4) is 0 Å². The van der Waals surface area contributed by atoms with Crippen molar-refractivity contribution >= 4 is 5.97 Å². The van der Waals surface area contributed by atoms with Gasteiger partial charge in [-0.1, -0.05) is 26.2 Å². The standard InChI is InChI=1S/C14H27NO3/c1-4-12-7-6-8-14(11-12,13(16)18-5-2)15-9-10-17-3/h12,15H,4-11H2,1-3H3. The van der Waals surface area contributed by atoms with Crippen molar-refractivity contribution in [2.75, 3.05) is 26.9 Å². The topological polar surface area (TPSA) is 47.6 Å². The number of nitrogens with one attached hydrogen (secondary N) is 1. The van der Waals surface area contributed by atoms with E-state index in [2.05, 4.69) is 12.2 Å². The Morgan fingerprint density at radius 2 is 2.22 bits per heavy atom. The van der Waals surface area contributed by atoms with Crippen molar-refractivity contribution in [1.29, 1.82) is 0 Å². The lowest BCUT2D eigenvalue weighted by Gasteiger charge is -2.39.